The molecule has 0 N–H and O–H groups in total. The molecule has 0 spiro atoms. The van der Waals surface area contributed by atoms with Crippen molar-refractivity contribution in [2.75, 3.05) is 17.7 Å². The summed E-state index contributed by atoms with van der Waals surface area (Å²) in [6.07, 6.45) is 0. The fraction of sp³-hybridized carbons (Fsp3) is 0.500. The first-order chi connectivity index (χ1) is 7.33. The third kappa shape index (κ3) is 1.61. The van der Waals surface area contributed by atoms with E-state index in [1.807, 2.05) is 38.8 Å². The van der Waals surface area contributed by atoms with Crippen molar-refractivity contribution < 1.29 is 8.42 Å². The van der Waals surface area contributed by atoms with Gasteiger partial charge in [0, 0.05) is 13.1 Å². The van der Waals surface area contributed by atoms with Crippen LogP contribution in [0.3, 0.4) is 0 Å². The molecule has 88 valence electrons. The first-order valence-corrected chi connectivity index (χ1v) is 7.05. The highest BCUT2D eigenvalue weighted by molar-refractivity contribution is 7.91. The van der Waals surface area contributed by atoms with Crippen LogP contribution in [-0.4, -0.2) is 27.3 Å². The molecule has 0 fully saturated rings. The predicted octanol–water partition coefficient (Wildman–Crippen LogP) is 1.92. The van der Waals surface area contributed by atoms with Gasteiger partial charge in [0.1, 0.15) is 0 Å². The number of sulfone groups is 1. The SMILES string of the molecule is Cc1cc2c(cc1C)S(=O)(=O)CC(C)N2C. The van der Waals surface area contributed by atoms with Crippen LogP contribution in [0.2, 0.25) is 0 Å². The number of fused-ring (bicyclic) bond motifs is 1. The van der Waals surface area contributed by atoms with Crippen LogP contribution in [0.1, 0.15) is 18.1 Å². The van der Waals surface area contributed by atoms with E-state index < -0.39 is 9.84 Å². The molecule has 0 aromatic heterocycles. The number of hydrogen-bond acceptors (Lipinski definition) is 3. The first kappa shape index (κ1) is 11.5. The van der Waals surface area contributed by atoms with Crippen molar-refractivity contribution in [2.45, 2.75) is 31.7 Å². The highest BCUT2D eigenvalue weighted by Gasteiger charge is 2.31. The zero-order chi connectivity index (χ0) is 12.1. The average Bonchev–Trinajstić information content (AvgIpc) is 2.17. The van der Waals surface area contributed by atoms with Crippen LogP contribution in [0.4, 0.5) is 5.69 Å². The number of benzene rings is 1. The molecule has 16 heavy (non-hydrogen) atoms. The van der Waals surface area contributed by atoms with E-state index in [-0.39, 0.29) is 11.8 Å². The van der Waals surface area contributed by atoms with E-state index >= 15 is 0 Å². The van der Waals surface area contributed by atoms with E-state index in [0.29, 0.717) is 4.90 Å². The largest absolute Gasteiger partial charge is 0.370 e. The molecule has 1 aromatic rings. The molecule has 0 saturated carbocycles. The maximum atomic E-state index is 12.1. The Hall–Kier alpha value is -1.03. The summed E-state index contributed by atoms with van der Waals surface area (Å²) in [7, 11) is -1.15. The van der Waals surface area contributed by atoms with Gasteiger partial charge >= 0.3 is 0 Å². The van der Waals surface area contributed by atoms with Crippen LogP contribution >= 0.6 is 0 Å². The Labute approximate surface area is 97.0 Å². The summed E-state index contributed by atoms with van der Waals surface area (Å²) in [5.74, 6) is 0.207. The molecule has 1 aliphatic rings. The van der Waals surface area contributed by atoms with E-state index in [0.717, 1.165) is 16.8 Å². The second kappa shape index (κ2) is 3.48. The van der Waals surface area contributed by atoms with Gasteiger partial charge in [-0.15, -0.1) is 0 Å². The highest BCUT2D eigenvalue weighted by Crippen LogP contribution is 2.34. The molecular weight excluding hydrogens is 222 g/mol. The van der Waals surface area contributed by atoms with Gasteiger partial charge in [-0.25, -0.2) is 8.42 Å². The molecule has 1 aromatic carbocycles. The van der Waals surface area contributed by atoms with Crippen LogP contribution in [0, 0.1) is 13.8 Å². The highest BCUT2D eigenvalue weighted by atomic mass is 32.2. The first-order valence-electron chi connectivity index (χ1n) is 5.40. The van der Waals surface area contributed by atoms with Crippen molar-refractivity contribution in [3.05, 3.63) is 23.3 Å². The standard InChI is InChI=1S/C12H17NO2S/c1-8-5-11-12(6-9(8)2)16(14,15)7-10(3)13(11)4/h5-6,10H,7H2,1-4H3. The lowest BCUT2D eigenvalue weighted by Gasteiger charge is -2.34. The van der Waals surface area contributed by atoms with Gasteiger partial charge in [0.15, 0.2) is 9.84 Å². The Morgan fingerprint density at radius 1 is 1.25 bits per heavy atom. The molecule has 0 aliphatic carbocycles. The summed E-state index contributed by atoms with van der Waals surface area (Å²) in [6, 6.07) is 3.81. The molecule has 0 amide bonds. The molecule has 1 aliphatic heterocycles. The Balaban J connectivity index is 2.74. The molecule has 4 heteroatoms. The molecular formula is C12H17NO2S. The third-order valence-corrected chi connectivity index (χ3v) is 5.33. The fourth-order valence-corrected chi connectivity index (χ4v) is 3.97. The van der Waals surface area contributed by atoms with Gasteiger partial charge in [-0.3, -0.25) is 0 Å². The van der Waals surface area contributed by atoms with Gasteiger partial charge in [0.2, 0.25) is 0 Å². The molecule has 0 saturated heterocycles. The van der Waals surface area contributed by atoms with Crippen molar-refractivity contribution in [3.63, 3.8) is 0 Å². The van der Waals surface area contributed by atoms with Gasteiger partial charge in [-0.1, -0.05) is 0 Å². The molecule has 1 unspecified atom stereocenters. The van der Waals surface area contributed by atoms with Crippen molar-refractivity contribution in [1.29, 1.82) is 0 Å². The number of aryl methyl sites for hydroxylation is 2. The van der Waals surface area contributed by atoms with Gasteiger partial charge in [-0.2, -0.15) is 0 Å². The minimum absolute atomic E-state index is 0.0413. The summed E-state index contributed by atoms with van der Waals surface area (Å²) >= 11 is 0. The number of anilines is 1. The summed E-state index contributed by atoms with van der Waals surface area (Å²) in [5.41, 5.74) is 3.00. The molecule has 0 radical (unpaired) electrons. The summed E-state index contributed by atoms with van der Waals surface area (Å²) < 4.78 is 24.1. The lowest BCUT2D eigenvalue weighted by atomic mass is 10.1. The van der Waals surface area contributed by atoms with Gasteiger partial charge in [0.05, 0.1) is 16.3 Å². The third-order valence-electron chi connectivity index (χ3n) is 3.41. The zero-order valence-electron chi connectivity index (χ0n) is 10.1. The van der Waals surface area contributed by atoms with Gasteiger partial charge < -0.3 is 4.90 Å². The van der Waals surface area contributed by atoms with Crippen LogP contribution in [-0.2, 0) is 9.84 Å². The summed E-state index contributed by atoms with van der Waals surface area (Å²) in [4.78, 5) is 2.53. The van der Waals surface area contributed by atoms with Crippen LogP contribution in [0.15, 0.2) is 17.0 Å². The van der Waals surface area contributed by atoms with E-state index in [4.69, 9.17) is 0 Å². The zero-order valence-corrected chi connectivity index (χ0v) is 10.9. The Morgan fingerprint density at radius 2 is 1.81 bits per heavy atom. The molecule has 2 rings (SSSR count). The van der Waals surface area contributed by atoms with Crippen molar-refractivity contribution >= 4 is 15.5 Å². The smallest absolute Gasteiger partial charge is 0.182 e. The predicted molar refractivity (Wildman–Crippen MR) is 65.8 cm³/mol. The van der Waals surface area contributed by atoms with Crippen molar-refractivity contribution in [1.82, 2.24) is 0 Å². The van der Waals surface area contributed by atoms with Crippen molar-refractivity contribution in [2.24, 2.45) is 0 Å². The quantitative estimate of drug-likeness (QED) is 0.694. The molecule has 0 bridgehead atoms. The molecule has 1 heterocycles. The summed E-state index contributed by atoms with van der Waals surface area (Å²) in [6.45, 7) is 5.90. The lowest BCUT2D eigenvalue weighted by molar-refractivity contribution is 0.579. The van der Waals surface area contributed by atoms with Crippen LogP contribution in [0.25, 0.3) is 0 Å². The number of nitrogens with zero attached hydrogens (tertiary/aromatic N) is 1. The maximum Gasteiger partial charge on any atom is 0.182 e. The van der Waals surface area contributed by atoms with E-state index in [1.54, 1.807) is 6.07 Å². The fourth-order valence-electron chi connectivity index (χ4n) is 2.06. The minimum Gasteiger partial charge on any atom is -0.370 e. The topological polar surface area (TPSA) is 37.4 Å². The Bertz CT molecular complexity index is 534. The average molecular weight is 239 g/mol. The van der Waals surface area contributed by atoms with Crippen LogP contribution < -0.4 is 4.90 Å². The monoisotopic (exact) mass is 239 g/mol. The van der Waals surface area contributed by atoms with E-state index in [1.165, 1.54) is 0 Å². The van der Waals surface area contributed by atoms with Gasteiger partial charge in [-0.05, 0) is 44.0 Å². The minimum atomic E-state index is -3.11. The van der Waals surface area contributed by atoms with Gasteiger partial charge in [0.25, 0.3) is 0 Å². The number of hydrogen-bond donors (Lipinski definition) is 0. The second-order valence-electron chi connectivity index (χ2n) is 4.65. The van der Waals surface area contributed by atoms with Crippen LogP contribution in [0.5, 0.6) is 0 Å². The Kier molecular flexibility index (Phi) is 2.49. The normalized spacial score (nSPS) is 23.0. The van der Waals surface area contributed by atoms with Crippen molar-refractivity contribution in [3.8, 4) is 0 Å². The summed E-state index contributed by atoms with van der Waals surface area (Å²) in [5, 5.41) is 0. The molecule has 1 atom stereocenters. The van der Waals surface area contributed by atoms with E-state index in [2.05, 4.69) is 0 Å². The Morgan fingerprint density at radius 3 is 2.44 bits per heavy atom. The maximum absolute atomic E-state index is 12.1. The number of rotatable bonds is 0. The second-order valence-corrected chi connectivity index (χ2v) is 6.65. The lowest BCUT2D eigenvalue weighted by Crippen LogP contribution is -2.40. The van der Waals surface area contributed by atoms with E-state index in [9.17, 15) is 8.42 Å². The molecule has 3 nitrogen and oxygen atoms in total.